The number of rotatable bonds is 9. The molecule has 1 rings (SSSR count). The van der Waals surface area contributed by atoms with Crippen molar-refractivity contribution >= 4 is 17.3 Å². The number of nitrogens with one attached hydrogen (secondary N) is 2. The van der Waals surface area contributed by atoms with Crippen molar-refractivity contribution in [3.63, 3.8) is 0 Å². The van der Waals surface area contributed by atoms with Crippen LogP contribution in [0.5, 0.6) is 0 Å². The first-order valence-corrected chi connectivity index (χ1v) is 6.61. The summed E-state index contributed by atoms with van der Waals surface area (Å²) < 4.78 is 5.29. The van der Waals surface area contributed by atoms with Crippen LogP contribution in [0.1, 0.15) is 26.7 Å². The van der Waals surface area contributed by atoms with Gasteiger partial charge in [0.15, 0.2) is 0 Å². The molecule has 1 aromatic carbocycles. The quantitative estimate of drug-likeness (QED) is 0.533. The Morgan fingerprint density at radius 3 is 2.68 bits per heavy atom. The Balaban J connectivity index is 2.30. The predicted octanol–water partition coefficient (Wildman–Crippen LogP) is 2.81. The molecule has 0 atom stereocenters. The van der Waals surface area contributed by atoms with Crippen LogP contribution >= 0.6 is 0 Å². The molecule has 0 saturated heterocycles. The number of ether oxygens (including phenoxy) is 1. The highest BCUT2D eigenvalue weighted by atomic mass is 16.7. The lowest BCUT2D eigenvalue weighted by Gasteiger charge is -2.09. The van der Waals surface area contributed by atoms with Crippen molar-refractivity contribution in [2.24, 2.45) is 0 Å². The molecule has 0 spiro atoms. The second kappa shape index (κ2) is 9.35. The Morgan fingerprint density at radius 2 is 1.95 bits per heavy atom. The lowest BCUT2D eigenvalue weighted by atomic mass is 10.3. The smallest absolute Gasteiger partial charge is 0.224 e. The zero-order valence-corrected chi connectivity index (χ0v) is 11.6. The van der Waals surface area contributed by atoms with Gasteiger partial charge < -0.3 is 10.1 Å². The summed E-state index contributed by atoms with van der Waals surface area (Å²) in [6.45, 7) is 5.67. The summed E-state index contributed by atoms with van der Waals surface area (Å²) in [7, 11) is 0. The van der Waals surface area contributed by atoms with Gasteiger partial charge in [-0.1, -0.05) is 19.9 Å². The Morgan fingerprint density at radius 1 is 1.16 bits per heavy atom. The summed E-state index contributed by atoms with van der Waals surface area (Å²) >= 11 is 0. The minimum atomic E-state index is -0.00830. The molecule has 0 heterocycles. The standard InChI is InChI=1S/C14H22N2O3/c1-3-8-18-9-10-19-16-13-7-5-6-12(11-13)15-14(17)4-2/h5-7,11,16H,3-4,8-10H2,1-2H3,(H,15,17). The maximum Gasteiger partial charge on any atom is 0.224 e. The van der Waals surface area contributed by atoms with Crippen molar-refractivity contribution in [2.45, 2.75) is 26.7 Å². The number of amides is 1. The van der Waals surface area contributed by atoms with Gasteiger partial charge in [0.2, 0.25) is 5.91 Å². The summed E-state index contributed by atoms with van der Waals surface area (Å²) in [6, 6.07) is 7.38. The second-order valence-electron chi connectivity index (χ2n) is 4.05. The van der Waals surface area contributed by atoms with E-state index in [0.29, 0.717) is 19.6 Å². The summed E-state index contributed by atoms with van der Waals surface area (Å²) in [5, 5.41) is 2.79. The van der Waals surface area contributed by atoms with E-state index in [9.17, 15) is 4.79 Å². The van der Waals surface area contributed by atoms with Gasteiger partial charge in [0, 0.05) is 18.7 Å². The first kappa shape index (κ1) is 15.5. The van der Waals surface area contributed by atoms with Gasteiger partial charge in [0.25, 0.3) is 0 Å². The monoisotopic (exact) mass is 266 g/mol. The molecule has 0 saturated carbocycles. The van der Waals surface area contributed by atoms with Gasteiger partial charge in [0.05, 0.1) is 18.9 Å². The van der Waals surface area contributed by atoms with Crippen LogP contribution < -0.4 is 10.8 Å². The van der Waals surface area contributed by atoms with Crippen molar-refractivity contribution in [3.05, 3.63) is 24.3 Å². The largest absolute Gasteiger partial charge is 0.379 e. The first-order valence-electron chi connectivity index (χ1n) is 6.61. The number of carbonyl (C=O) groups excluding carboxylic acids is 1. The highest BCUT2D eigenvalue weighted by Crippen LogP contribution is 2.15. The maximum absolute atomic E-state index is 11.3. The number of hydrogen-bond donors (Lipinski definition) is 2. The molecule has 0 bridgehead atoms. The average molecular weight is 266 g/mol. The molecular formula is C14H22N2O3. The molecule has 0 aliphatic rings. The first-order chi connectivity index (χ1) is 9.26. The number of hydrogen-bond acceptors (Lipinski definition) is 4. The van der Waals surface area contributed by atoms with E-state index in [0.717, 1.165) is 24.4 Å². The zero-order chi connectivity index (χ0) is 13.9. The van der Waals surface area contributed by atoms with E-state index < -0.39 is 0 Å². The van der Waals surface area contributed by atoms with Gasteiger partial charge in [-0.2, -0.15) is 0 Å². The van der Waals surface area contributed by atoms with E-state index in [-0.39, 0.29) is 5.91 Å². The predicted molar refractivity (Wildman–Crippen MR) is 76.0 cm³/mol. The van der Waals surface area contributed by atoms with Crippen molar-refractivity contribution in [3.8, 4) is 0 Å². The fourth-order valence-corrected chi connectivity index (χ4v) is 1.39. The van der Waals surface area contributed by atoms with Gasteiger partial charge in [-0.05, 0) is 24.6 Å². The van der Waals surface area contributed by atoms with Crippen LogP contribution in [0.4, 0.5) is 11.4 Å². The molecule has 5 nitrogen and oxygen atoms in total. The third kappa shape index (κ3) is 6.79. The Kier molecular flexibility index (Phi) is 7.62. The minimum Gasteiger partial charge on any atom is -0.379 e. The fourth-order valence-electron chi connectivity index (χ4n) is 1.39. The topological polar surface area (TPSA) is 59.6 Å². The normalized spacial score (nSPS) is 10.2. The molecular weight excluding hydrogens is 244 g/mol. The van der Waals surface area contributed by atoms with E-state index >= 15 is 0 Å². The molecule has 1 amide bonds. The van der Waals surface area contributed by atoms with Crippen LogP contribution in [0.3, 0.4) is 0 Å². The van der Waals surface area contributed by atoms with Crippen molar-refractivity contribution in [1.29, 1.82) is 0 Å². The van der Waals surface area contributed by atoms with E-state index in [4.69, 9.17) is 9.57 Å². The molecule has 2 N–H and O–H groups in total. The summed E-state index contributed by atoms with van der Waals surface area (Å²) in [5.41, 5.74) is 4.37. The third-order valence-electron chi connectivity index (χ3n) is 2.34. The Labute approximate surface area is 114 Å². The number of anilines is 2. The fraction of sp³-hybridized carbons (Fsp3) is 0.500. The van der Waals surface area contributed by atoms with E-state index in [1.807, 2.05) is 31.2 Å². The van der Waals surface area contributed by atoms with Crippen LogP contribution in [0.25, 0.3) is 0 Å². The molecule has 0 aliphatic heterocycles. The molecule has 0 radical (unpaired) electrons. The van der Waals surface area contributed by atoms with Crippen molar-refractivity contribution in [2.75, 3.05) is 30.6 Å². The van der Waals surface area contributed by atoms with Gasteiger partial charge in [-0.15, -0.1) is 0 Å². The van der Waals surface area contributed by atoms with Crippen LogP contribution in [-0.4, -0.2) is 25.7 Å². The molecule has 0 fully saturated rings. The Bertz CT molecular complexity index is 383. The Hall–Kier alpha value is -1.59. The van der Waals surface area contributed by atoms with Crippen LogP contribution in [0.15, 0.2) is 24.3 Å². The van der Waals surface area contributed by atoms with Gasteiger partial charge in [0.1, 0.15) is 0 Å². The van der Waals surface area contributed by atoms with Crippen LogP contribution in [0.2, 0.25) is 0 Å². The lowest BCUT2D eigenvalue weighted by molar-refractivity contribution is -0.115. The minimum absolute atomic E-state index is 0.00830. The average Bonchev–Trinajstić information content (AvgIpc) is 2.43. The van der Waals surface area contributed by atoms with Gasteiger partial charge >= 0.3 is 0 Å². The van der Waals surface area contributed by atoms with Crippen LogP contribution in [-0.2, 0) is 14.4 Å². The molecule has 106 valence electrons. The van der Waals surface area contributed by atoms with Crippen molar-refractivity contribution in [1.82, 2.24) is 0 Å². The summed E-state index contributed by atoms with van der Waals surface area (Å²) in [4.78, 5) is 16.5. The zero-order valence-electron chi connectivity index (χ0n) is 11.6. The highest BCUT2D eigenvalue weighted by Gasteiger charge is 2.00. The van der Waals surface area contributed by atoms with Crippen molar-refractivity contribution < 1.29 is 14.4 Å². The van der Waals surface area contributed by atoms with E-state index in [1.54, 1.807) is 0 Å². The molecule has 1 aromatic rings. The number of benzene rings is 1. The van der Waals surface area contributed by atoms with E-state index in [1.165, 1.54) is 0 Å². The molecule has 0 aliphatic carbocycles. The molecule has 0 aromatic heterocycles. The SMILES string of the molecule is CCCOCCONc1cccc(NC(=O)CC)c1. The summed E-state index contributed by atoms with van der Waals surface area (Å²) in [6.07, 6.45) is 1.47. The maximum atomic E-state index is 11.3. The highest BCUT2D eigenvalue weighted by molar-refractivity contribution is 5.90. The molecule has 5 heteroatoms. The number of carbonyl (C=O) groups is 1. The third-order valence-corrected chi connectivity index (χ3v) is 2.34. The second-order valence-corrected chi connectivity index (χ2v) is 4.05. The molecule has 0 unspecified atom stereocenters. The van der Waals surface area contributed by atoms with Gasteiger partial charge in [-0.3, -0.25) is 15.1 Å². The van der Waals surface area contributed by atoms with E-state index in [2.05, 4.69) is 17.7 Å². The van der Waals surface area contributed by atoms with Gasteiger partial charge in [-0.25, -0.2) is 0 Å². The summed E-state index contributed by atoms with van der Waals surface area (Å²) in [5.74, 6) is -0.00830. The molecule has 19 heavy (non-hydrogen) atoms. The lowest BCUT2D eigenvalue weighted by Crippen LogP contribution is -2.11. The van der Waals surface area contributed by atoms with Crippen LogP contribution in [0, 0.1) is 0 Å².